The number of rotatable bonds is 6. The SMILES string of the molecule is COC(=O)c1cc(C(=O)N(Cc2ccco2)c2ccccc2)cc([N+](=O)[O-])c1. The van der Waals surface area contributed by atoms with Gasteiger partial charge >= 0.3 is 5.97 Å². The van der Waals surface area contributed by atoms with Crippen molar-refractivity contribution in [3.63, 3.8) is 0 Å². The number of nitro groups is 1. The maximum atomic E-state index is 13.2. The molecule has 0 N–H and O–H groups in total. The molecule has 3 aromatic rings. The quantitative estimate of drug-likeness (QED) is 0.366. The summed E-state index contributed by atoms with van der Waals surface area (Å²) in [5.41, 5.74) is 0.114. The Morgan fingerprint density at radius 3 is 2.39 bits per heavy atom. The Bertz CT molecular complexity index is 999. The molecule has 0 aliphatic heterocycles. The van der Waals surface area contributed by atoms with E-state index in [1.54, 1.807) is 36.4 Å². The number of carbonyl (C=O) groups excluding carboxylic acids is 2. The van der Waals surface area contributed by atoms with Crippen molar-refractivity contribution in [2.24, 2.45) is 0 Å². The highest BCUT2D eigenvalue weighted by atomic mass is 16.6. The van der Waals surface area contributed by atoms with Gasteiger partial charge in [-0.1, -0.05) is 18.2 Å². The van der Waals surface area contributed by atoms with E-state index in [0.717, 1.165) is 19.2 Å². The first-order valence-corrected chi connectivity index (χ1v) is 8.26. The van der Waals surface area contributed by atoms with Crippen molar-refractivity contribution in [3.8, 4) is 0 Å². The molecular weight excluding hydrogens is 364 g/mol. The lowest BCUT2D eigenvalue weighted by atomic mass is 10.1. The third-order valence-electron chi connectivity index (χ3n) is 4.00. The van der Waals surface area contributed by atoms with E-state index >= 15 is 0 Å². The molecule has 8 nitrogen and oxygen atoms in total. The number of hydrogen-bond donors (Lipinski definition) is 0. The summed E-state index contributed by atoms with van der Waals surface area (Å²) in [6.45, 7) is 0.117. The van der Waals surface area contributed by atoms with Gasteiger partial charge < -0.3 is 14.1 Å². The van der Waals surface area contributed by atoms with Crippen molar-refractivity contribution >= 4 is 23.3 Å². The lowest BCUT2D eigenvalue weighted by Gasteiger charge is -2.22. The third-order valence-corrected chi connectivity index (χ3v) is 4.00. The van der Waals surface area contributed by atoms with Gasteiger partial charge in [0.05, 0.1) is 30.4 Å². The summed E-state index contributed by atoms with van der Waals surface area (Å²) >= 11 is 0. The van der Waals surface area contributed by atoms with Crippen molar-refractivity contribution in [2.75, 3.05) is 12.0 Å². The highest BCUT2D eigenvalue weighted by Crippen LogP contribution is 2.24. The van der Waals surface area contributed by atoms with Crippen LogP contribution in [0.3, 0.4) is 0 Å². The number of non-ortho nitro benzene ring substituents is 1. The lowest BCUT2D eigenvalue weighted by molar-refractivity contribution is -0.384. The smallest absolute Gasteiger partial charge is 0.338 e. The molecule has 0 fully saturated rings. The molecule has 0 radical (unpaired) electrons. The first-order chi connectivity index (χ1) is 13.5. The van der Waals surface area contributed by atoms with E-state index in [4.69, 9.17) is 4.42 Å². The topological polar surface area (TPSA) is 103 Å². The zero-order valence-electron chi connectivity index (χ0n) is 14.9. The van der Waals surface area contributed by atoms with E-state index in [2.05, 4.69) is 4.74 Å². The minimum Gasteiger partial charge on any atom is -0.467 e. The van der Waals surface area contributed by atoms with Crippen molar-refractivity contribution in [3.05, 3.63) is 93.9 Å². The van der Waals surface area contributed by atoms with Gasteiger partial charge in [0.2, 0.25) is 0 Å². The zero-order chi connectivity index (χ0) is 20.1. The standard InChI is InChI=1S/C20H16N2O6/c1-27-20(24)15-10-14(11-17(12-15)22(25)26)19(23)21(13-18-8-5-9-28-18)16-6-3-2-4-7-16/h2-12H,13H2,1H3. The molecular formula is C20H16N2O6. The molecule has 0 unspecified atom stereocenters. The van der Waals surface area contributed by atoms with Gasteiger partial charge in [-0.25, -0.2) is 4.79 Å². The molecule has 0 aliphatic rings. The number of para-hydroxylation sites is 1. The van der Waals surface area contributed by atoms with Gasteiger partial charge in [-0.05, 0) is 30.3 Å². The summed E-state index contributed by atoms with van der Waals surface area (Å²) in [6, 6.07) is 15.7. The Balaban J connectivity index is 2.06. The first kappa shape index (κ1) is 18.8. The van der Waals surface area contributed by atoms with Gasteiger partial charge in [-0.3, -0.25) is 14.9 Å². The molecule has 2 aromatic carbocycles. The number of amides is 1. The van der Waals surface area contributed by atoms with E-state index in [0.29, 0.717) is 11.4 Å². The van der Waals surface area contributed by atoms with Gasteiger partial charge in [0, 0.05) is 23.4 Å². The second-order valence-electron chi connectivity index (χ2n) is 5.82. The molecule has 142 valence electrons. The molecule has 1 amide bonds. The highest BCUT2D eigenvalue weighted by molar-refractivity contribution is 6.07. The van der Waals surface area contributed by atoms with Crippen molar-refractivity contribution < 1.29 is 23.7 Å². The number of hydrogen-bond acceptors (Lipinski definition) is 6. The molecule has 0 saturated heterocycles. The highest BCUT2D eigenvalue weighted by Gasteiger charge is 2.24. The van der Waals surface area contributed by atoms with Gasteiger partial charge in [0.1, 0.15) is 5.76 Å². The van der Waals surface area contributed by atoms with Gasteiger partial charge in [-0.15, -0.1) is 0 Å². The molecule has 0 atom stereocenters. The largest absolute Gasteiger partial charge is 0.467 e. The van der Waals surface area contributed by atoms with Crippen LogP contribution in [0.5, 0.6) is 0 Å². The number of anilines is 1. The van der Waals surface area contributed by atoms with Crippen LogP contribution >= 0.6 is 0 Å². The lowest BCUT2D eigenvalue weighted by Crippen LogP contribution is -2.30. The Labute approximate surface area is 160 Å². The molecule has 0 bridgehead atoms. The molecule has 0 aliphatic carbocycles. The fourth-order valence-corrected chi connectivity index (χ4v) is 2.68. The maximum absolute atomic E-state index is 13.2. The summed E-state index contributed by atoms with van der Waals surface area (Å²) < 4.78 is 9.97. The molecule has 0 saturated carbocycles. The average molecular weight is 380 g/mol. The molecule has 3 rings (SSSR count). The summed E-state index contributed by atoms with van der Waals surface area (Å²) in [4.78, 5) is 37.1. The van der Waals surface area contributed by atoms with Gasteiger partial charge in [-0.2, -0.15) is 0 Å². The predicted molar refractivity (Wildman–Crippen MR) is 100 cm³/mol. The second-order valence-corrected chi connectivity index (χ2v) is 5.82. The Hall–Kier alpha value is -3.94. The van der Waals surface area contributed by atoms with Crippen molar-refractivity contribution in [2.45, 2.75) is 6.54 Å². The normalized spacial score (nSPS) is 10.3. The number of furan rings is 1. The minimum atomic E-state index is -0.768. The van der Waals surface area contributed by atoms with Crippen LogP contribution in [-0.2, 0) is 11.3 Å². The van der Waals surface area contributed by atoms with E-state index in [1.165, 1.54) is 17.2 Å². The van der Waals surface area contributed by atoms with Crippen molar-refractivity contribution in [1.29, 1.82) is 0 Å². The Morgan fingerprint density at radius 1 is 1.07 bits per heavy atom. The number of nitrogens with zero attached hydrogens (tertiary/aromatic N) is 2. The van der Waals surface area contributed by atoms with E-state index < -0.39 is 16.8 Å². The fraction of sp³-hybridized carbons (Fsp3) is 0.100. The summed E-state index contributed by atoms with van der Waals surface area (Å²) in [5.74, 6) is -0.748. The number of esters is 1. The monoisotopic (exact) mass is 380 g/mol. The number of ether oxygens (including phenoxy) is 1. The Kier molecular flexibility index (Phi) is 5.50. The number of nitro benzene ring substituents is 1. The van der Waals surface area contributed by atoms with Crippen LogP contribution in [0, 0.1) is 10.1 Å². The summed E-state index contributed by atoms with van der Waals surface area (Å²) in [7, 11) is 1.16. The van der Waals surface area contributed by atoms with E-state index in [1.807, 2.05) is 6.07 Å². The van der Waals surface area contributed by atoms with Crippen LogP contribution in [0.4, 0.5) is 11.4 Å². The first-order valence-electron chi connectivity index (χ1n) is 8.26. The Morgan fingerprint density at radius 2 is 1.79 bits per heavy atom. The minimum absolute atomic E-state index is 0.00925. The van der Waals surface area contributed by atoms with Crippen LogP contribution in [0.15, 0.2) is 71.3 Å². The van der Waals surface area contributed by atoms with Gasteiger partial charge in [0.25, 0.3) is 11.6 Å². The maximum Gasteiger partial charge on any atom is 0.338 e. The number of carbonyl (C=O) groups is 2. The van der Waals surface area contributed by atoms with Crippen LogP contribution < -0.4 is 4.90 Å². The molecule has 8 heteroatoms. The van der Waals surface area contributed by atoms with Gasteiger partial charge in [0.15, 0.2) is 0 Å². The fourth-order valence-electron chi connectivity index (χ4n) is 2.68. The molecule has 28 heavy (non-hydrogen) atoms. The third kappa shape index (κ3) is 4.07. The predicted octanol–water partition coefficient (Wildman–Crippen LogP) is 3.82. The van der Waals surface area contributed by atoms with Crippen LogP contribution in [0.1, 0.15) is 26.5 Å². The van der Waals surface area contributed by atoms with Crippen LogP contribution in [0.25, 0.3) is 0 Å². The second kappa shape index (κ2) is 8.17. The van der Waals surface area contributed by atoms with E-state index in [9.17, 15) is 19.7 Å². The molecule has 0 spiro atoms. The van der Waals surface area contributed by atoms with Crippen LogP contribution in [0.2, 0.25) is 0 Å². The molecule has 1 aromatic heterocycles. The summed E-state index contributed by atoms with van der Waals surface area (Å²) in [5, 5.41) is 11.2. The van der Waals surface area contributed by atoms with E-state index in [-0.39, 0.29) is 23.4 Å². The van der Waals surface area contributed by atoms with Crippen molar-refractivity contribution in [1.82, 2.24) is 0 Å². The zero-order valence-corrected chi connectivity index (χ0v) is 14.9. The number of methoxy groups -OCH3 is 1. The summed E-state index contributed by atoms with van der Waals surface area (Å²) in [6.07, 6.45) is 1.49. The van der Waals surface area contributed by atoms with Crippen LogP contribution in [-0.4, -0.2) is 23.9 Å². The number of benzene rings is 2. The average Bonchev–Trinajstić information content (AvgIpc) is 3.24. The molecule has 1 heterocycles.